The number of hydrogen-bond donors (Lipinski definition) is 1. The number of rotatable bonds is 5. The van der Waals surface area contributed by atoms with Crippen molar-refractivity contribution < 1.29 is 4.74 Å². The fourth-order valence-electron chi connectivity index (χ4n) is 1.06. The minimum atomic E-state index is 0.592. The average Bonchev–Trinajstić information content (AvgIpc) is 2.16. The Bertz CT molecular complexity index is 314. The monoisotopic (exact) mass is 210 g/mol. The van der Waals surface area contributed by atoms with Gasteiger partial charge in [-0.05, 0) is 21.0 Å². The van der Waals surface area contributed by atoms with Gasteiger partial charge < -0.3 is 15.0 Å². The van der Waals surface area contributed by atoms with Crippen LogP contribution >= 0.6 is 0 Å². The molecule has 0 spiro atoms. The highest BCUT2D eigenvalue weighted by Crippen LogP contribution is 2.11. The Kier molecular flexibility index (Phi) is 4.30. The van der Waals surface area contributed by atoms with Crippen molar-refractivity contribution in [3.05, 3.63) is 11.8 Å². The molecule has 1 N–H and O–H groups in total. The average molecular weight is 210 g/mol. The minimum absolute atomic E-state index is 0.592. The number of nitrogens with one attached hydrogen (secondary N) is 1. The van der Waals surface area contributed by atoms with Crippen molar-refractivity contribution in [1.82, 2.24) is 14.9 Å². The van der Waals surface area contributed by atoms with E-state index < -0.39 is 0 Å². The lowest BCUT2D eigenvalue weighted by atomic mass is 10.4. The van der Waals surface area contributed by atoms with E-state index in [0.29, 0.717) is 18.4 Å². The maximum atomic E-state index is 5.51. The van der Waals surface area contributed by atoms with Crippen LogP contribution in [-0.2, 0) is 0 Å². The molecule has 0 saturated heterocycles. The van der Waals surface area contributed by atoms with Gasteiger partial charge in [-0.1, -0.05) is 0 Å². The molecule has 0 saturated carbocycles. The SMILES string of the molecule is CNc1nc(C)cc(OCCN(C)C)n1. The topological polar surface area (TPSA) is 50.3 Å². The minimum Gasteiger partial charge on any atom is -0.476 e. The van der Waals surface area contributed by atoms with E-state index in [1.165, 1.54) is 0 Å². The summed E-state index contributed by atoms with van der Waals surface area (Å²) in [5.74, 6) is 1.21. The van der Waals surface area contributed by atoms with Gasteiger partial charge in [0, 0.05) is 25.4 Å². The van der Waals surface area contributed by atoms with E-state index in [2.05, 4.69) is 20.2 Å². The Labute approximate surface area is 90.5 Å². The summed E-state index contributed by atoms with van der Waals surface area (Å²) in [6.07, 6.45) is 0. The molecule has 0 unspecified atom stereocenters. The fourth-order valence-corrected chi connectivity index (χ4v) is 1.06. The van der Waals surface area contributed by atoms with Crippen molar-refractivity contribution in [1.29, 1.82) is 0 Å². The summed E-state index contributed by atoms with van der Waals surface area (Å²) in [7, 11) is 5.81. The lowest BCUT2D eigenvalue weighted by Crippen LogP contribution is -2.19. The summed E-state index contributed by atoms with van der Waals surface area (Å²) in [6.45, 7) is 3.42. The molecule has 1 aromatic rings. The Morgan fingerprint density at radius 3 is 2.73 bits per heavy atom. The molecule has 84 valence electrons. The summed E-state index contributed by atoms with van der Waals surface area (Å²) in [5.41, 5.74) is 0.897. The van der Waals surface area contributed by atoms with Crippen molar-refractivity contribution in [3.8, 4) is 5.88 Å². The number of aryl methyl sites for hydroxylation is 1. The first kappa shape index (κ1) is 11.7. The van der Waals surface area contributed by atoms with Gasteiger partial charge in [0.25, 0.3) is 0 Å². The van der Waals surface area contributed by atoms with Gasteiger partial charge in [-0.3, -0.25) is 0 Å². The second-order valence-electron chi connectivity index (χ2n) is 3.57. The molecule has 0 radical (unpaired) electrons. The van der Waals surface area contributed by atoms with E-state index in [-0.39, 0.29) is 0 Å². The smallest absolute Gasteiger partial charge is 0.225 e. The van der Waals surface area contributed by atoms with Crippen LogP contribution in [0.1, 0.15) is 5.69 Å². The summed E-state index contributed by atoms with van der Waals surface area (Å²) in [5, 5.41) is 2.89. The van der Waals surface area contributed by atoms with Crippen LogP contribution in [0.25, 0.3) is 0 Å². The van der Waals surface area contributed by atoms with Gasteiger partial charge >= 0.3 is 0 Å². The van der Waals surface area contributed by atoms with Gasteiger partial charge in [0.2, 0.25) is 11.8 Å². The Balaban J connectivity index is 2.56. The van der Waals surface area contributed by atoms with Gasteiger partial charge in [0.05, 0.1) is 0 Å². The quantitative estimate of drug-likeness (QED) is 0.778. The van der Waals surface area contributed by atoms with Crippen LogP contribution in [0, 0.1) is 6.92 Å². The number of nitrogens with zero attached hydrogens (tertiary/aromatic N) is 3. The predicted molar refractivity (Wildman–Crippen MR) is 60.4 cm³/mol. The lowest BCUT2D eigenvalue weighted by Gasteiger charge is -2.11. The zero-order chi connectivity index (χ0) is 11.3. The van der Waals surface area contributed by atoms with Crippen LogP contribution in [0.3, 0.4) is 0 Å². The lowest BCUT2D eigenvalue weighted by molar-refractivity contribution is 0.253. The normalized spacial score (nSPS) is 10.5. The molecule has 0 fully saturated rings. The summed E-state index contributed by atoms with van der Waals surface area (Å²) < 4.78 is 5.51. The zero-order valence-corrected chi connectivity index (χ0v) is 9.74. The fraction of sp³-hybridized carbons (Fsp3) is 0.600. The molecule has 5 heteroatoms. The van der Waals surface area contributed by atoms with Crippen molar-refractivity contribution in [2.24, 2.45) is 0 Å². The summed E-state index contributed by atoms with van der Waals surface area (Å²) in [4.78, 5) is 10.4. The standard InChI is InChI=1S/C10H18N4O/c1-8-7-9(13-10(11-2)12-8)15-6-5-14(3)4/h7H,5-6H2,1-4H3,(H,11,12,13). The van der Waals surface area contributed by atoms with Crippen LogP contribution in [0.15, 0.2) is 6.07 Å². The largest absolute Gasteiger partial charge is 0.476 e. The molecule has 5 nitrogen and oxygen atoms in total. The van der Waals surface area contributed by atoms with E-state index >= 15 is 0 Å². The van der Waals surface area contributed by atoms with Crippen molar-refractivity contribution in [3.63, 3.8) is 0 Å². The third-order valence-electron chi connectivity index (χ3n) is 1.84. The van der Waals surface area contributed by atoms with E-state index in [1.807, 2.05) is 27.1 Å². The molecule has 0 aliphatic carbocycles. The number of ether oxygens (including phenoxy) is 1. The molecule has 0 aliphatic heterocycles. The molecule has 0 aliphatic rings. The molecule has 1 heterocycles. The second-order valence-corrected chi connectivity index (χ2v) is 3.57. The third-order valence-corrected chi connectivity index (χ3v) is 1.84. The van der Waals surface area contributed by atoms with Gasteiger partial charge in [0.15, 0.2) is 0 Å². The molecular formula is C10H18N4O. The highest BCUT2D eigenvalue weighted by atomic mass is 16.5. The first-order valence-corrected chi connectivity index (χ1v) is 4.93. The molecule has 0 amide bonds. The third kappa shape index (κ3) is 4.12. The van der Waals surface area contributed by atoms with E-state index in [9.17, 15) is 0 Å². The highest BCUT2D eigenvalue weighted by molar-refractivity contribution is 5.29. The first-order chi connectivity index (χ1) is 7.11. The van der Waals surface area contributed by atoms with Crippen molar-refractivity contribution in [2.45, 2.75) is 6.92 Å². The van der Waals surface area contributed by atoms with E-state index in [4.69, 9.17) is 4.74 Å². The highest BCUT2D eigenvalue weighted by Gasteiger charge is 2.01. The van der Waals surface area contributed by atoms with Gasteiger partial charge in [0.1, 0.15) is 6.61 Å². The molecule has 0 bridgehead atoms. The first-order valence-electron chi connectivity index (χ1n) is 4.93. The van der Waals surface area contributed by atoms with Crippen molar-refractivity contribution >= 4 is 5.95 Å². The number of anilines is 1. The number of likely N-dealkylation sites (N-methyl/N-ethyl adjacent to an activating group) is 1. The van der Waals surface area contributed by atoms with Crippen LogP contribution in [-0.4, -0.2) is 49.2 Å². The molecule has 0 atom stereocenters. The molecule has 1 rings (SSSR count). The van der Waals surface area contributed by atoms with Crippen LogP contribution in [0.2, 0.25) is 0 Å². The second kappa shape index (κ2) is 5.50. The van der Waals surface area contributed by atoms with Crippen LogP contribution in [0.4, 0.5) is 5.95 Å². The zero-order valence-electron chi connectivity index (χ0n) is 9.74. The van der Waals surface area contributed by atoms with Crippen LogP contribution < -0.4 is 10.1 Å². The van der Waals surface area contributed by atoms with Crippen LogP contribution in [0.5, 0.6) is 5.88 Å². The number of aromatic nitrogens is 2. The Morgan fingerprint density at radius 2 is 2.13 bits per heavy atom. The number of hydrogen-bond acceptors (Lipinski definition) is 5. The maximum absolute atomic E-state index is 5.51. The van der Waals surface area contributed by atoms with E-state index in [1.54, 1.807) is 7.05 Å². The molecule has 0 aromatic carbocycles. The van der Waals surface area contributed by atoms with Crippen molar-refractivity contribution in [2.75, 3.05) is 39.6 Å². The summed E-state index contributed by atoms with van der Waals surface area (Å²) in [6, 6.07) is 1.83. The predicted octanol–water partition coefficient (Wildman–Crippen LogP) is 0.767. The van der Waals surface area contributed by atoms with Gasteiger partial charge in [-0.2, -0.15) is 4.98 Å². The maximum Gasteiger partial charge on any atom is 0.225 e. The molecular weight excluding hydrogens is 192 g/mol. The van der Waals surface area contributed by atoms with E-state index in [0.717, 1.165) is 12.2 Å². The molecule has 1 aromatic heterocycles. The molecule has 15 heavy (non-hydrogen) atoms. The summed E-state index contributed by atoms with van der Waals surface area (Å²) >= 11 is 0. The van der Waals surface area contributed by atoms with Gasteiger partial charge in [-0.25, -0.2) is 4.98 Å². The van der Waals surface area contributed by atoms with Gasteiger partial charge in [-0.15, -0.1) is 0 Å². The Hall–Kier alpha value is -1.36. The Morgan fingerprint density at radius 1 is 1.40 bits per heavy atom.